The van der Waals surface area contributed by atoms with E-state index in [1.807, 2.05) is 44.2 Å². The molecule has 2 N–H and O–H groups in total. The number of urea groups is 1. The highest BCUT2D eigenvalue weighted by Crippen LogP contribution is 2.38. The van der Waals surface area contributed by atoms with Crippen LogP contribution in [0.4, 0.5) is 33.2 Å². The second-order valence-electron chi connectivity index (χ2n) is 12.3. The van der Waals surface area contributed by atoms with E-state index in [-0.39, 0.29) is 12.6 Å². The fraction of sp³-hybridized carbons (Fsp3) is 0.146. The summed E-state index contributed by atoms with van der Waals surface area (Å²) >= 11 is 0. The molecule has 1 atom stereocenters. The van der Waals surface area contributed by atoms with Crippen molar-refractivity contribution in [2.24, 2.45) is 0 Å². The van der Waals surface area contributed by atoms with Crippen molar-refractivity contribution in [2.45, 2.75) is 32.5 Å². The molecule has 11 nitrogen and oxygen atoms in total. The van der Waals surface area contributed by atoms with Crippen molar-refractivity contribution < 1.29 is 28.7 Å². The van der Waals surface area contributed by atoms with Gasteiger partial charge in [-0.05, 0) is 80.1 Å². The molecule has 5 aromatic rings. The first-order chi connectivity index (χ1) is 25.2. The van der Waals surface area contributed by atoms with Crippen LogP contribution in [-0.2, 0) is 25.7 Å². The Morgan fingerprint density at radius 2 is 1.29 bits per heavy atom. The molecular formula is C41H37N5O6. The summed E-state index contributed by atoms with van der Waals surface area (Å²) in [6.45, 7) is 3.33. The van der Waals surface area contributed by atoms with Crippen molar-refractivity contribution >= 4 is 58.2 Å². The zero-order valence-corrected chi connectivity index (χ0v) is 28.6. The van der Waals surface area contributed by atoms with Gasteiger partial charge in [0.2, 0.25) is 5.91 Å². The van der Waals surface area contributed by atoms with Crippen molar-refractivity contribution in [3.05, 3.63) is 151 Å². The van der Waals surface area contributed by atoms with E-state index in [1.54, 1.807) is 109 Å². The van der Waals surface area contributed by atoms with Crippen LogP contribution in [0.15, 0.2) is 140 Å². The van der Waals surface area contributed by atoms with Gasteiger partial charge in [-0.1, -0.05) is 78.9 Å². The standard InChI is InChI=1S/C41H37N5O6/c1-28(2)45(33-24-22-30(23-25-33)40(50)52-27-29-14-6-3-7-15-29)36(47)26-44-34-20-12-13-21-35(34)46(32-18-10-5-11-19-32)39(49)37(38(44)48)43-41(51)42-31-16-8-4-9-17-31/h3-25,28,37H,26-27H2,1-2H3,(H2,42,43,51). The van der Waals surface area contributed by atoms with Crippen LogP contribution in [-0.4, -0.2) is 48.4 Å². The summed E-state index contributed by atoms with van der Waals surface area (Å²) in [4.78, 5) is 73.1. The van der Waals surface area contributed by atoms with E-state index in [4.69, 9.17) is 4.74 Å². The summed E-state index contributed by atoms with van der Waals surface area (Å²) in [6.07, 6.45) is 0. The van der Waals surface area contributed by atoms with E-state index in [0.717, 1.165) is 5.56 Å². The van der Waals surface area contributed by atoms with Crippen LogP contribution < -0.4 is 25.3 Å². The number of carbonyl (C=O) groups excluding carboxylic acids is 5. The normalized spacial score (nSPS) is 13.9. The monoisotopic (exact) mass is 695 g/mol. The molecule has 6 rings (SSSR count). The zero-order chi connectivity index (χ0) is 36.6. The van der Waals surface area contributed by atoms with E-state index in [2.05, 4.69) is 10.6 Å². The predicted octanol–water partition coefficient (Wildman–Crippen LogP) is 6.69. The number of esters is 1. The summed E-state index contributed by atoms with van der Waals surface area (Å²) in [5.74, 6) is -2.44. The van der Waals surface area contributed by atoms with Gasteiger partial charge in [-0.3, -0.25) is 24.2 Å². The molecule has 0 bridgehead atoms. The minimum Gasteiger partial charge on any atom is -0.457 e. The van der Waals surface area contributed by atoms with Crippen molar-refractivity contribution in [2.75, 3.05) is 26.6 Å². The highest BCUT2D eigenvalue weighted by molar-refractivity contribution is 6.25. The molecule has 52 heavy (non-hydrogen) atoms. The maximum absolute atomic E-state index is 14.4. The molecule has 0 aliphatic carbocycles. The van der Waals surface area contributed by atoms with E-state index < -0.39 is 42.3 Å². The van der Waals surface area contributed by atoms with Crippen LogP contribution in [0.3, 0.4) is 0 Å². The van der Waals surface area contributed by atoms with Gasteiger partial charge in [-0.25, -0.2) is 9.59 Å². The summed E-state index contributed by atoms with van der Waals surface area (Å²) in [7, 11) is 0. The largest absolute Gasteiger partial charge is 0.457 e. The number of nitrogens with zero attached hydrogens (tertiary/aromatic N) is 3. The van der Waals surface area contributed by atoms with Gasteiger partial charge in [0.15, 0.2) is 6.04 Å². The minimum atomic E-state index is -1.68. The van der Waals surface area contributed by atoms with E-state index >= 15 is 0 Å². The molecule has 0 radical (unpaired) electrons. The second-order valence-corrected chi connectivity index (χ2v) is 12.3. The van der Waals surface area contributed by atoms with Crippen LogP contribution >= 0.6 is 0 Å². The first kappa shape index (κ1) is 35.1. The van der Waals surface area contributed by atoms with Crippen LogP contribution in [0.1, 0.15) is 29.8 Å². The molecule has 0 saturated heterocycles. The molecule has 0 aromatic heterocycles. The van der Waals surface area contributed by atoms with Crippen molar-refractivity contribution in [3.8, 4) is 0 Å². The summed E-state index contributed by atoms with van der Waals surface area (Å²) in [6, 6.07) is 37.2. The van der Waals surface area contributed by atoms with Crippen molar-refractivity contribution in [3.63, 3.8) is 0 Å². The number of carbonyl (C=O) groups is 5. The second kappa shape index (κ2) is 15.9. The van der Waals surface area contributed by atoms with Crippen LogP contribution in [0.2, 0.25) is 0 Å². The number of ether oxygens (including phenoxy) is 1. The molecule has 1 aliphatic rings. The zero-order valence-electron chi connectivity index (χ0n) is 28.6. The van der Waals surface area contributed by atoms with Gasteiger partial charge >= 0.3 is 12.0 Å². The van der Waals surface area contributed by atoms with E-state index in [0.29, 0.717) is 34.0 Å². The quantitative estimate of drug-likeness (QED) is 0.124. The average Bonchev–Trinajstić information content (AvgIpc) is 3.24. The van der Waals surface area contributed by atoms with Gasteiger partial charge in [-0.15, -0.1) is 0 Å². The van der Waals surface area contributed by atoms with E-state index in [9.17, 15) is 24.0 Å². The Hall–Kier alpha value is -6.75. The molecule has 1 heterocycles. The summed E-state index contributed by atoms with van der Waals surface area (Å²) in [5.41, 5.74) is 3.28. The average molecular weight is 696 g/mol. The molecule has 5 aromatic carbocycles. The number of anilines is 5. The maximum atomic E-state index is 14.4. The first-order valence-electron chi connectivity index (χ1n) is 16.8. The molecule has 0 fully saturated rings. The van der Waals surface area contributed by atoms with Gasteiger partial charge in [0, 0.05) is 23.1 Å². The number of hydrogen-bond donors (Lipinski definition) is 2. The highest BCUT2D eigenvalue weighted by Gasteiger charge is 2.43. The lowest BCUT2D eigenvalue weighted by atomic mass is 10.1. The van der Waals surface area contributed by atoms with Crippen molar-refractivity contribution in [1.82, 2.24) is 5.32 Å². The Balaban J connectivity index is 1.29. The first-order valence-corrected chi connectivity index (χ1v) is 16.8. The Morgan fingerprint density at radius 1 is 0.712 bits per heavy atom. The third-order valence-electron chi connectivity index (χ3n) is 8.39. The number of rotatable bonds is 10. The van der Waals surface area contributed by atoms with Crippen molar-refractivity contribution in [1.29, 1.82) is 0 Å². The predicted molar refractivity (Wildman–Crippen MR) is 199 cm³/mol. The number of hydrogen-bond acceptors (Lipinski definition) is 6. The number of para-hydroxylation sites is 4. The Labute approximate surface area is 301 Å². The maximum Gasteiger partial charge on any atom is 0.338 e. The number of fused-ring (bicyclic) bond motifs is 1. The van der Waals surface area contributed by atoms with Crippen LogP contribution in [0, 0.1) is 0 Å². The van der Waals surface area contributed by atoms with Gasteiger partial charge in [0.05, 0.1) is 16.9 Å². The minimum absolute atomic E-state index is 0.122. The Bertz CT molecular complexity index is 2060. The lowest BCUT2D eigenvalue weighted by Gasteiger charge is -2.31. The van der Waals surface area contributed by atoms with Crippen LogP contribution in [0.25, 0.3) is 0 Å². The van der Waals surface area contributed by atoms with Gasteiger partial charge in [0.1, 0.15) is 13.2 Å². The molecular weight excluding hydrogens is 658 g/mol. The van der Waals surface area contributed by atoms with Crippen LogP contribution in [0.5, 0.6) is 0 Å². The topological polar surface area (TPSA) is 128 Å². The molecule has 0 spiro atoms. The molecule has 1 aliphatic heterocycles. The summed E-state index contributed by atoms with van der Waals surface area (Å²) in [5, 5.41) is 5.23. The molecule has 0 saturated carbocycles. The SMILES string of the molecule is CC(C)N(C(=O)CN1C(=O)C(NC(=O)Nc2ccccc2)C(=O)N(c2ccccc2)c2ccccc21)c1ccc(C(=O)OCc2ccccc2)cc1. The van der Waals surface area contributed by atoms with Gasteiger partial charge in [-0.2, -0.15) is 0 Å². The van der Waals surface area contributed by atoms with E-state index in [1.165, 1.54) is 14.7 Å². The smallest absolute Gasteiger partial charge is 0.338 e. The highest BCUT2D eigenvalue weighted by atomic mass is 16.5. The Morgan fingerprint density at radius 3 is 1.92 bits per heavy atom. The molecule has 11 heteroatoms. The molecule has 5 amide bonds. The molecule has 262 valence electrons. The number of amides is 5. The fourth-order valence-electron chi connectivity index (χ4n) is 5.97. The van der Waals surface area contributed by atoms with Gasteiger partial charge in [0.25, 0.3) is 11.8 Å². The number of benzene rings is 5. The fourth-order valence-corrected chi connectivity index (χ4v) is 5.97. The summed E-state index contributed by atoms with van der Waals surface area (Å²) < 4.78 is 5.46. The number of nitrogens with one attached hydrogen (secondary N) is 2. The molecule has 1 unspecified atom stereocenters. The Kier molecular flexibility index (Phi) is 10.7. The third-order valence-corrected chi connectivity index (χ3v) is 8.39. The lowest BCUT2D eigenvalue weighted by Crippen LogP contribution is -2.57. The lowest BCUT2D eigenvalue weighted by molar-refractivity contribution is -0.129. The van der Waals surface area contributed by atoms with Gasteiger partial charge < -0.3 is 20.3 Å². The third kappa shape index (κ3) is 7.84.